The first kappa shape index (κ1) is 24.1. The average molecular weight is 481 g/mol. The van der Waals surface area contributed by atoms with E-state index in [2.05, 4.69) is 37.9 Å². The summed E-state index contributed by atoms with van der Waals surface area (Å²) in [6, 6.07) is 10.9. The molecule has 3 heterocycles. The van der Waals surface area contributed by atoms with Gasteiger partial charge in [0.25, 0.3) is 0 Å². The molecule has 1 aliphatic carbocycles. The van der Waals surface area contributed by atoms with Crippen LogP contribution in [0.3, 0.4) is 0 Å². The molecule has 1 amide bonds. The van der Waals surface area contributed by atoms with E-state index in [1.165, 1.54) is 0 Å². The molecule has 0 radical (unpaired) electrons. The van der Waals surface area contributed by atoms with Crippen molar-refractivity contribution < 1.29 is 18.7 Å². The van der Waals surface area contributed by atoms with Crippen molar-refractivity contribution >= 4 is 6.09 Å². The lowest BCUT2D eigenvalue weighted by Gasteiger charge is -2.44. The Kier molecular flexibility index (Phi) is 6.51. The molecule has 5 nitrogen and oxygen atoms in total. The third-order valence-electron chi connectivity index (χ3n) is 7.81. The fourth-order valence-electron chi connectivity index (χ4n) is 5.91. The van der Waals surface area contributed by atoms with Crippen LogP contribution in [-0.4, -0.2) is 43.3 Å². The molecule has 2 aromatic rings. The van der Waals surface area contributed by atoms with Gasteiger partial charge in [-0.3, -0.25) is 4.90 Å². The Morgan fingerprint density at radius 3 is 2.66 bits per heavy atom. The topological polar surface area (TPSA) is 50.8 Å². The second-order valence-corrected chi connectivity index (χ2v) is 11.6. The number of hydrogen-bond acceptors (Lipinski definition) is 4. The first-order chi connectivity index (χ1) is 16.7. The van der Waals surface area contributed by atoms with Crippen LogP contribution >= 0.6 is 0 Å². The molecule has 0 unspecified atom stereocenters. The molecule has 2 bridgehead atoms. The van der Waals surface area contributed by atoms with Crippen LogP contribution in [0.5, 0.6) is 5.75 Å². The SMILES string of the molecule is CC(C)COc1cccc(-c2cc3c(cc2F)[C@H](NC(=O)O[C@@H]2CN4CCC2CC4)C(C)(C)C3)c1. The highest BCUT2D eigenvalue weighted by Crippen LogP contribution is 2.47. The van der Waals surface area contributed by atoms with E-state index >= 15 is 4.39 Å². The van der Waals surface area contributed by atoms with Crippen molar-refractivity contribution in [2.75, 3.05) is 26.2 Å². The summed E-state index contributed by atoms with van der Waals surface area (Å²) in [7, 11) is 0. The van der Waals surface area contributed by atoms with Gasteiger partial charge in [0.05, 0.1) is 12.6 Å². The highest BCUT2D eigenvalue weighted by atomic mass is 19.1. The van der Waals surface area contributed by atoms with Gasteiger partial charge in [-0.2, -0.15) is 0 Å². The molecule has 0 saturated carbocycles. The molecule has 2 atom stereocenters. The van der Waals surface area contributed by atoms with Gasteiger partial charge in [0, 0.05) is 12.1 Å². The van der Waals surface area contributed by atoms with Gasteiger partial charge in [-0.15, -0.1) is 0 Å². The van der Waals surface area contributed by atoms with E-state index in [1.807, 2.05) is 30.3 Å². The number of fused-ring (bicyclic) bond motifs is 4. The highest BCUT2D eigenvalue weighted by molar-refractivity contribution is 5.71. The third kappa shape index (κ3) is 5.04. The van der Waals surface area contributed by atoms with E-state index in [0.29, 0.717) is 24.0 Å². The number of alkyl carbamates (subject to hydrolysis) is 1. The number of nitrogens with zero attached hydrogens (tertiary/aromatic N) is 1. The highest BCUT2D eigenvalue weighted by Gasteiger charge is 2.42. The number of ether oxygens (including phenoxy) is 2. The van der Waals surface area contributed by atoms with Crippen LogP contribution in [0.4, 0.5) is 9.18 Å². The molecule has 6 heteroatoms. The molecule has 4 aliphatic rings. The Morgan fingerprint density at radius 2 is 1.97 bits per heavy atom. The molecule has 0 spiro atoms. The van der Waals surface area contributed by atoms with Crippen molar-refractivity contribution in [3.8, 4) is 16.9 Å². The minimum Gasteiger partial charge on any atom is -0.493 e. The maximum Gasteiger partial charge on any atom is 0.407 e. The Bertz CT molecular complexity index is 1090. The van der Waals surface area contributed by atoms with Gasteiger partial charge in [-0.05, 0) is 90.6 Å². The number of halogens is 1. The molecule has 1 N–H and O–H groups in total. The van der Waals surface area contributed by atoms with Crippen LogP contribution in [0.2, 0.25) is 0 Å². The summed E-state index contributed by atoms with van der Waals surface area (Å²) in [5.74, 6) is 1.32. The zero-order chi connectivity index (χ0) is 24.7. The molecule has 3 aliphatic heterocycles. The smallest absolute Gasteiger partial charge is 0.407 e. The number of carbonyl (C=O) groups excluding carboxylic acids is 1. The lowest BCUT2D eigenvalue weighted by atomic mass is 9.85. The van der Waals surface area contributed by atoms with Crippen molar-refractivity contribution in [3.05, 3.63) is 53.3 Å². The van der Waals surface area contributed by atoms with E-state index in [0.717, 1.165) is 61.3 Å². The Hall–Kier alpha value is -2.60. The standard InChI is InChI=1S/C29H37FN2O3/c1-18(2)17-34-22-7-5-6-20(12-22)23-13-21-15-29(3,4)27(24(21)14-25(23)30)31-28(33)35-26-16-32-10-8-19(26)9-11-32/h5-7,12-14,18-19,26-27H,8-11,15-17H2,1-4H3,(H,31,33)/t26-,27+/m1/s1. The zero-order valence-corrected chi connectivity index (χ0v) is 21.3. The summed E-state index contributed by atoms with van der Waals surface area (Å²) in [5, 5.41) is 3.09. The summed E-state index contributed by atoms with van der Waals surface area (Å²) in [5.41, 5.74) is 3.01. The van der Waals surface area contributed by atoms with Crippen molar-refractivity contribution in [1.82, 2.24) is 10.2 Å². The number of benzene rings is 2. The Balaban J connectivity index is 1.34. The monoisotopic (exact) mass is 480 g/mol. The van der Waals surface area contributed by atoms with Gasteiger partial charge >= 0.3 is 6.09 Å². The van der Waals surface area contributed by atoms with Crippen molar-refractivity contribution in [2.24, 2.45) is 17.3 Å². The van der Waals surface area contributed by atoms with E-state index in [9.17, 15) is 4.79 Å². The fraction of sp³-hybridized carbons (Fsp3) is 0.552. The Morgan fingerprint density at radius 1 is 1.20 bits per heavy atom. The lowest BCUT2D eigenvalue weighted by molar-refractivity contribution is -0.0349. The minimum atomic E-state index is -0.394. The van der Waals surface area contributed by atoms with Crippen molar-refractivity contribution in [3.63, 3.8) is 0 Å². The summed E-state index contributed by atoms with van der Waals surface area (Å²) >= 11 is 0. The molecule has 0 aromatic heterocycles. The lowest BCUT2D eigenvalue weighted by Crippen LogP contribution is -2.53. The molecule has 35 heavy (non-hydrogen) atoms. The number of rotatable bonds is 6. The molecule has 6 rings (SSSR count). The molecule has 3 fully saturated rings. The normalized spacial score (nSPS) is 26.5. The zero-order valence-electron chi connectivity index (χ0n) is 21.3. The average Bonchev–Trinajstić information content (AvgIpc) is 3.06. The van der Waals surface area contributed by atoms with Gasteiger partial charge in [0.1, 0.15) is 17.7 Å². The maximum atomic E-state index is 15.4. The molecule has 3 saturated heterocycles. The number of nitrogens with one attached hydrogen (secondary N) is 1. The van der Waals surface area contributed by atoms with Crippen LogP contribution < -0.4 is 10.1 Å². The van der Waals surface area contributed by atoms with Crippen LogP contribution in [-0.2, 0) is 11.2 Å². The molecular weight excluding hydrogens is 443 g/mol. The van der Waals surface area contributed by atoms with Crippen LogP contribution in [0, 0.1) is 23.1 Å². The predicted molar refractivity (Wildman–Crippen MR) is 135 cm³/mol. The van der Waals surface area contributed by atoms with Gasteiger partial charge in [-0.25, -0.2) is 9.18 Å². The summed E-state index contributed by atoms with van der Waals surface area (Å²) < 4.78 is 27.1. The quantitative estimate of drug-likeness (QED) is 0.553. The van der Waals surface area contributed by atoms with E-state index in [4.69, 9.17) is 9.47 Å². The predicted octanol–water partition coefficient (Wildman–Crippen LogP) is 5.97. The summed E-state index contributed by atoms with van der Waals surface area (Å²) in [4.78, 5) is 15.3. The third-order valence-corrected chi connectivity index (χ3v) is 7.81. The maximum absolute atomic E-state index is 15.4. The fourth-order valence-corrected chi connectivity index (χ4v) is 5.91. The summed E-state index contributed by atoms with van der Waals surface area (Å²) in [6.45, 7) is 12.1. The first-order valence-corrected chi connectivity index (χ1v) is 12.9. The number of hydrogen-bond donors (Lipinski definition) is 1. The van der Waals surface area contributed by atoms with Crippen LogP contribution in [0.1, 0.15) is 57.7 Å². The second-order valence-electron chi connectivity index (χ2n) is 11.6. The first-order valence-electron chi connectivity index (χ1n) is 12.9. The molecular formula is C29H37FN2O3. The van der Waals surface area contributed by atoms with Gasteiger partial charge < -0.3 is 14.8 Å². The van der Waals surface area contributed by atoms with Gasteiger partial charge in [-0.1, -0.05) is 39.8 Å². The largest absolute Gasteiger partial charge is 0.493 e. The van der Waals surface area contributed by atoms with Crippen LogP contribution in [0.25, 0.3) is 11.1 Å². The van der Waals surface area contributed by atoms with Crippen molar-refractivity contribution in [1.29, 1.82) is 0 Å². The molecule has 188 valence electrons. The number of amides is 1. The molecule has 2 aromatic carbocycles. The summed E-state index contributed by atoms with van der Waals surface area (Å²) in [6.07, 6.45) is 2.49. The number of carbonyl (C=O) groups is 1. The minimum absolute atomic E-state index is 0.0502. The van der Waals surface area contributed by atoms with Crippen molar-refractivity contribution in [2.45, 2.75) is 59.1 Å². The Labute approximate surface area is 208 Å². The van der Waals surface area contributed by atoms with Crippen LogP contribution in [0.15, 0.2) is 36.4 Å². The number of piperidine rings is 3. The van der Waals surface area contributed by atoms with Gasteiger partial charge in [0.15, 0.2) is 0 Å². The van der Waals surface area contributed by atoms with Gasteiger partial charge in [0.2, 0.25) is 0 Å². The van der Waals surface area contributed by atoms with E-state index in [-0.39, 0.29) is 23.4 Å². The van der Waals surface area contributed by atoms with E-state index in [1.54, 1.807) is 6.07 Å². The van der Waals surface area contributed by atoms with E-state index < -0.39 is 6.09 Å². The second kappa shape index (κ2) is 9.45.